The van der Waals surface area contributed by atoms with Gasteiger partial charge in [0.15, 0.2) is 5.78 Å². The molecule has 86 valence electrons. The molecule has 3 heteroatoms. The number of phenols is 1. The van der Waals surface area contributed by atoms with Gasteiger partial charge < -0.3 is 9.84 Å². The minimum Gasteiger partial charge on any atom is -0.507 e. The lowest BCUT2D eigenvalue weighted by atomic mass is 9.91. The summed E-state index contributed by atoms with van der Waals surface area (Å²) in [7, 11) is 0. The maximum atomic E-state index is 11.9. The maximum absolute atomic E-state index is 11.9. The molecule has 0 bridgehead atoms. The highest BCUT2D eigenvalue weighted by atomic mass is 16.5. The van der Waals surface area contributed by atoms with E-state index in [0.29, 0.717) is 23.3 Å². The number of rotatable bonds is 0. The van der Waals surface area contributed by atoms with Crippen LogP contribution in [-0.4, -0.2) is 17.0 Å². The topological polar surface area (TPSA) is 46.5 Å². The fourth-order valence-electron chi connectivity index (χ4n) is 2.19. The van der Waals surface area contributed by atoms with Gasteiger partial charge in [-0.15, -0.1) is 0 Å². The number of carbonyl (C=O) groups excluding carboxylic acids is 1. The van der Waals surface area contributed by atoms with Crippen molar-refractivity contribution in [2.75, 3.05) is 0 Å². The molecule has 2 rings (SSSR count). The lowest BCUT2D eigenvalue weighted by molar-refractivity contribution is 0.0867. The summed E-state index contributed by atoms with van der Waals surface area (Å²) in [5, 5.41) is 9.92. The van der Waals surface area contributed by atoms with Crippen LogP contribution in [0, 0.1) is 20.8 Å². The summed E-state index contributed by atoms with van der Waals surface area (Å²) in [4.78, 5) is 11.9. The summed E-state index contributed by atoms with van der Waals surface area (Å²) in [6.07, 6.45) is 0.303. The molecule has 0 saturated carbocycles. The van der Waals surface area contributed by atoms with E-state index in [4.69, 9.17) is 4.74 Å². The molecular weight excluding hydrogens is 204 g/mol. The summed E-state index contributed by atoms with van der Waals surface area (Å²) < 4.78 is 5.72. The van der Waals surface area contributed by atoms with Crippen molar-refractivity contribution in [1.82, 2.24) is 0 Å². The zero-order valence-electron chi connectivity index (χ0n) is 10.0. The van der Waals surface area contributed by atoms with E-state index in [9.17, 15) is 9.90 Å². The predicted octanol–water partition coefficient (Wildman–Crippen LogP) is 2.67. The van der Waals surface area contributed by atoms with Crippen molar-refractivity contribution in [3.8, 4) is 11.5 Å². The highest BCUT2D eigenvalue weighted by Gasteiger charge is 2.29. The fourth-order valence-corrected chi connectivity index (χ4v) is 2.19. The standard InChI is InChI=1S/C13H16O3/c1-6-5-10(14)11-9(4)12(15)7(2)8(3)13(11)16-6/h6,15H,5H2,1-4H3. The van der Waals surface area contributed by atoms with Gasteiger partial charge in [0.2, 0.25) is 0 Å². The Morgan fingerprint density at radius 2 is 1.81 bits per heavy atom. The molecule has 0 amide bonds. The molecule has 1 aliphatic heterocycles. The summed E-state index contributed by atoms with van der Waals surface area (Å²) >= 11 is 0. The van der Waals surface area contributed by atoms with Crippen LogP contribution in [0.1, 0.15) is 40.4 Å². The number of hydrogen-bond donors (Lipinski definition) is 1. The van der Waals surface area contributed by atoms with E-state index in [2.05, 4.69) is 0 Å². The van der Waals surface area contributed by atoms with E-state index < -0.39 is 0 Å². The Morgan fingerprint density at radius 3 is 2.44 bits per heavy atom. The Morgan fingerprint density at radius 1 is 1.19 bits per heavy atom. The minimum atomic E-state index is -0.0814. The predicted molar refractivity (Wildman–Crippen MR) is 61.4 cm³/mol. The van der Waals surface area contributed by atoms with E-state index in [-0.39, 0.29) is 17.6 Å². The van der Waals surface area contributed by atoms with Gasteiger partial charge in [0.25, 0.3) is 0 Å². The van der Waals surface area contributed by atoms with Crippen molar-refractivity contribution in [2.24, 2.45) is 0 Å². The number of ether oxygens (including phenoxy) is 1. The van der Waals surface area contributed by atoms with Crippen LogP contribution in [0.15, 0.2) is 0 Å². The van der Waals surface area contributed by atoms with Crippen molar-refractivity contribution < 1.29 is 14.6 Å². The number of hydrogen-bond acceptors (Lipinski definition) is 3. The van der Waals surface area contributed by atoms with Gasteiger partial charge in [0.1, 0.15) is 17.6 Å². The molecule has 1 aliphatic rings. The SMILES string of the molecule is Cc1c(C)c2c(c(C)c1O)C(=O)CC(C)O2. The number of ketones is 1. The molecule has 1 aromatic rings. The quantitative estimate of drug-likeness (QED) is 0.731. The van der Waals surface area contributed by atoms with Crippen LogP contribution in [0.2, 0.25) is 0 Å². The Bertz CT molecular complexity index is 475. The highest BCUT2D eigenvalue weighted by Crippen LogP contribution is 2.40. The van der Waals surface area contributed by atoms with E-state index in [0.717, 1.165) is 11.1 Å². The summed E-state index contributed by atoms with van der Waals surface area (Å²) in [5.74, 6) is 0.920. The van der Waals surface area contributed by atoms with E-state index >= 15 is 0 Å². The number of Topliss-reactive ketones (excluding diaryl/α,β-unsaturated/α-hetero) is 1. The molecule has 0 radical (unpaired) electrons. The molecule has 1 N–H and O–H groups in total. The van der Waals surface area contributed by atoms with Crippen molar-refractivity contribution in [3.63, 3.8) is 0 Å². The van der Waals surface area contributed by atoms with Gasteiger partial charge in [0.05, 0.1) is 5.56 Å². The van der Waals surface area contributed by atoms with Crippen LogP contribution in [0.3, 0.4) is 0 Å². The molecule has 0 fully saturated rings. The van der Waals surface area contributed by atoms with E-state index in [1.807, 2.05) is 20.8 Å². The Hall–Kier alpha value is -1.51. The summed E-state index contributed by atoms with van der Waals surface area (Å²) in [6.45, 7) is 7.36. The molecule has 16 heavy (non-hydrogen) atoms. The molecule has 0 saturated heterocycles. The average molecular weight is 220 g/mol. The molecule has 3 nitrogen and oxygen atoms in total. The first kappa shape index (κ1) is 11.0. The first-order valence-electron chi connectivity index (χ1n) is 5.46. The monoisotopic (exact) mass is 220 g/mol. The lowest BCUT2D eigenvalue weighted by Crippen LogP contribution is -2.25. The second kappa shape index (κ2) is 3.51. The van der Waals surface area contributed by atoms with Crippen LogP contribution >= 0.6 is 0 Å². The first-order chi connectivity index (χ1) is 7.43. The van der Waals surface area contributed by atoms with Crippen LogP contribution in [0.25, 0.3) is 0 Å². The zero-order chi connectivity index (χ0) is 12.0. The van der Waals surface area contributed by atoms with Crippen LogP contribution in [-0.2, 0) is 0 Å². The van der Waals surface area contributed by atoms with Crippen molar-refractivity contribution in [3.05, 3.63) is 22.3 Å². The number of carbonyl (C=O) groups is 1. The zero-order valence-corrected chi connectivity index (χ0v) is 10.0. The second-order valence-electron chi connectivity index (χ2n) is 4.48. The molecule has 0 spiro atoms. The van der Waals surface area contributed by atoms with Gasteiger partial charge in [-0.05, 0) is 38.8 Å². The van der Waals surface area contributed by atoms with Crippen molar-refractivity contribution in [1.29, 1.82) is 0 Å². The van der Waals surface area contributed by atoms with Gasteiger partial charge in [-0.25, -0.2) is 0 Å². The third-order valence-electron chi connectivity index (χ3n) is 3.29. The normalized spacial score (nSPS) is 19.2. The van der Waals surface area contributed by atoms with Crippen molar-refractivity contribution in [2.45, 2.75) is 40.2 Å². The summed E-state index contributed by atoms with van der Waals surface area (Å²) in [5.41, 5.74) is 2.84. The van der Waals surface area contributed by atoms with Crippen molar-refractivity contribution >= 4 is 5.78 Å². The van der Waals surface area contributed by atoms with Crippen LogP contribution in [0.5, 0.6) is 11.5 Å². The van der Waals surface area contributed by atoms with Gasteiger partial charge in [-0.1, -0.05) is 0 Å². The molecular formula is C13H16O3. The highest BCUT2D eigenvalue weighted by molar-refractivity contribution is 6.02. The van der Waals surface area contributed by atoms with Gasteiger partial charge in [0, 0.05) is 12.0 Å². The third kappa shape index (κ3) is 1.39. The second-order valence-corrected chi connectivity index (χ2v) is 4.48. The summed E-state index contributed by atoms with van der Waals surface area (Å²) in [6, 6.07) is 0. The van der Waals surface area contributed by atoms with E-state index in [1.165, 1.54) is 0 Å². The fraction of sp³-hybridized carbons (Fsp3) is 0.462. The molecule has 1 heterocycles. The molecule has 1 atom stereocenters. The van der Waals surface area contributed by atoms with E-state index in [1.54, 1.807) is 6.92 Å². The number of aromatic hydroxyl groups is 1. The number of phenolic OH excluding ortho intramolecular Hbond substituents is 1. The number of benzene rings is 1. The van der Waals surface area contributed by atoms with Gasteiger partial charge >= 0.3 is 0 Å². The smallest absolute Gasteiger partial charge is 0.170 e. The Kier molecular flexibility index (Phi) is 2.41. The average Bonchev–Trinajstić information content (AvgIpc) is 2.22. The van der Waals surface area contributed by atoms with Crippen LogP contribution in [0.4, 0.5) is 0 Å². The Balaban J connectivity index is 2.76. The maximum Gasteiger partial charge on any atom is 0.170 e. The molecule has 0 aromatic heterocycles. The van der Waals surface area contributed by atoms with Gasteiger partial charge in [-0.2, -0.15) is 0 Å². The minimum absolute atomic E-state index is 0.0599. The number of fused-ring (bicyclic) bond motifs is 1. The largest absolute Gasteiger partial charge is 0.507 e. The van der Waals surface area contributed by atoms with Crippen LogP contribution < -0.4 is 4.74 Å². The molecule has 1 aromatic carbocycles. The molecule has 1 unspecified atom stereocenters. The first-order valence-corrected chi connectivity index (χ1v) is 5.46. The van der Waals surface area contributed by atoms with Gasteiger partial charge in [-0.3, -0.25) is 4.79 Å². The third-order valence-corrected chi connectivity index (χ3v) is 3.29. The Labute approximate surface area is 95.0 Å². The molecule has 0 aliphatic carbocycles. The lowest BCUT2D eigenvalue weighted by Gasteiger charge is -2.26.